The lowest BCUT2D eigenvalue weighted by atomic mass is 10.0. The van der Waals surface area contributed by atoms with Crippen LogP contribution in [0, 0.1) is 12.8 Å². The maximum Gasteiger partial charge on any atom is 0.224 e. The molecular formula is C38H65NO6S2. The average Bonchev–Trinajstić information content (AvgIpc) is 3.75. The van der Waals surface area contributed by atoms with Crippen LogP contribution in [-0.2, 0) is 30.9 Å². The fourth-order valence-corrected chi connectivity index (χ4v) is 6.92. The van der Waals surface area contributed by atoms with Crippen molar-refractivity contribution in [3.05, 3.63) is 46.9 Å². The highest BCUT2D eigenvalue weighted by Gasteiger charge is 2.25. The highest BCUT2D eigenvalue weighted by Crippen LogP contribution is 2.21. The van der Waals surface area contributed by atoms with Gasteiger partial charge in [-0.2, -0.15) is 4.57 Å². The fourth-order valence-electron chi connectivity index (χ4n) is 5.82. The molecule has 0 aliphatic carbocycles. The number of rotatable bonds is 27. The first-order chi connectivity index (χ1) is 22.9. The molecular weight excluding hydrogens is 631 g/mol. The van der Waals surface area contributed by atoms with E-state index in [9.17, 15) is 13.0 Å². The van der Waals surface area contributed by atoms with Crippen LogP contribution in [0.25, 0.3) is 0 Å². The molecule has 0 bridgehead atoms. The SMILES string of the molecule is CCCCCCCCCCCCCCCCOC[C@H]1CO[C@H](COCCCCCC[n+]2ccsc2)C1.Cc1ccc(S(=O)(=O)[O-])cc1. The van der Waals surface area contributed by atoms with Crippen molar-refractivity contribution in [2.45, 2.75) is 153 Å². The Bertz CT molecular complexity index is 1080. The monoisotopic (exact) mass is 695 g/mol. The quantitative estimate of drug-likeness (QED) is 0.0526. The third kappa shape index (κ3) is 22.8. The van der Waals surface area contributed by atoms with Gasteiger partial charge in [0.15, 0.2) is 6.20 Å². The average molecular weight is 696 g/mol. The molecule has 2 atom stereocenters. The number of hydrogen-bond donors (Lipinski definition) is 0. The number of thiazole rings is 1. The maximum atomic E-state index is 10.4. The Balaban J connectivity index is 0.000000587. The maximum absolute atomic E-state index is 10.4. The van der Waals surface area contributed by atoms with Crippen LogP contribution in [-0.4, -0.2) is 52.1 Å². The molecule has 0 saturated carbocycles. The molecule has 1 saturated heterocycles. The Kier molecular flexibility index (Phi) is 24.4. The first kappa shape index (κ1) is 41.8. The van der Waals surface area contributed by atoms with E-state index in [0.717, 1.165) is 58.0 Å². The number of hydrogen-bond acceptors (Lipinski definition) is 7. The molecule has 0 unspecified atom stereocenters. The second-order valence-electron chi connectivity index (χ2n) is 13.2. The molecule has 1 aliphatic heterocycles. The second kappa shape index (κ2) is 27.5. The third-order valence-electron chi connectivity index (χ3n) is 8.76. The van der Waals surface area contributed by atoms with E-state index < -0.39 is 10.1 Å². The first-order valence-electron chi connectivity index (χ1n) is 18.6. The molecule has 2 heterocycles. The normalized spacial score (nSPS) is 16.3. The van der Waals surface area contributed by atoms with Gasteiger partial charge in [0, 0.05) is 25.6 Å². The third-order valence-corrected chi connectivity index (χ3v) is 10.3. The molecule has 0 N–H and O–H groups in total. The van der Waals surface area contributed by atoms with E-state index in [2.05, 4.69) is 28.6 Å². The smallest absolute Gasteiger partial charge is 0.224 e. The topological polar surface area (TPSA) is 88.8 Å². The van der Waals surface area contributed by atoms with Crippen molar-refractivity contribution in [3.8, 4) is 0 Å². The van der Waals surface area contributed by atoms with Crippen molar-refractivity contribution in [1.82, 2.24) is 0 Å². The molecule has 0 radical (unpaired) electrons. The fraction of sp³-hybridized carbons (Fsp3) is 0.763. The van der Waals surface area contributed by atoms with Gasteiger partial charge in [0.05, 0.1) is 36.2 Å². The molecule has 0 amide bonds. The molecule has 3 rings (SSSR count). The van der Waals surface area contributed by atoms with E-state index in [1.807, 2.05) is 6.92 Å². The molecule has 1 aliphatic rings. The molecule has 7 nitrogen and oxygen atoms in total. The van der Waals surface area contributed by atoms with Gasteiger partial charge in [-0.1, -0.05) is 126 Å². The minimum Gasteiger partial charge on any atom is -0.744 e. The summed E-state index contributed by atoms with van der Waals surface area (Å²) in [6, 6.07) is 5.78. The summed E-state index contributed by atoms with van der Waals surface area (Å²) in [7, 11) is -4.27. The summed E-state index contributed by atoms with van der Waals surface area (Å²) in [5, 5.41) is 2.14. The van der Waals surface area contributed by atoms with Crippen molar-refractivity contribution in [1.29, 1.82) is 0 Å². The Labute approximate surface area is 291 Å². The van der Waals surface area contributed by atoms with Crippen molar-refractivity contribution >= 4 is 21.5 Å². The Hall–Kier alpha value is -1.36. The summed E-state index contributed by atoms with van der Waals surface area (Å²) in [5.41, 5.74) is 3.11. The van der Waals surface area contributed by atoms with Gasteiger partial charge in [-0.25, -0.2) is 8.42 Å². The minimum atomic E-state index is -4.27. The van der Waals surface area contributed by atoms with E-state index in [1.165, 1.54) is 121 Å². The Morgan fingerprint density at radius 3 is 1.85 bits per heavy atom. The molecule has 2 aromatic rings. The van der Waals surface area contributed by atoms with E-state index in [0.29, 0.717) is 5.92 Å². The number of unbranched alkanes of at least 4 members (excludes halogenated alkanes) is 16. The summed E-state index contributed by atoms with van der Waals surface area (Å²) >= 11 is 1.76. The first-order valence-corrected chi connectivity index (χ1v) is 20.9. The number of nitrogens with zero attached hydrogens (tertiary/aromatic N) is 1. The van der Waals surface area contributed by atoms with Crippen LogP contribution in [0.5, 0.6) is 0 Å². The molecule has 1 aromatic heterocycles. The predicted molar refractivity (Wildman–Crippen MR) is 192 cm³/mol. The Morgan fingerprint density at radius 1 is 0.787 bits per heavy atom. The van der Waals surface area contributed by atoms with Crippen LogP contribution in [0.2, 0.25) is 0 Å². The van der Waals surface area contributed by atoms with Crippen molar-refractivity contribution < 1.29 is 31.7 Å². The van der Waals surface area contributed by atoms with E-state index in [-0.39, 0.29) is 11.0 Å². The predicted octanol–water partition coefficient (Wildman–Crippen LogP) is 9.41. The number of ether oxygens (including phenoxy) is 3. The number of benzene rings is 1. The zero-order chi connectivity index (χ0) is 33.8. The highest BCUT2D eigenvalue weighted by atomic mass is 32.2. The van der Waals surface area contributed by atoms with Gasteiger partial charge in [-0.05, 0) is 44.7 Å². The van der Waals surface area contributed by atoms with Gasteiger partial charge in [-0.3, -0.25) is 0 Å². The summed E-state index contributed by atoms with van der Waals surface area (Å²) in [6.45, 7) is 9.49. The van der Waals surface area contributed by atoms with Crippen LogP contribution in [0.1, 0.15) is 134 Å². The lowest BCUT2D eigenvalue weighted by Crippen LogP contribution is -2.29. The van der Waals surface area contributed by atoms with Crippen LogP contribution < -0.4 is 4.57 Å². The molecule has 0 spiro atoms. The summed E-state index contributed by atoms with van der Waals surface area (Å²) in [4.78, 5) is -0.178. The van der Waals surface area contributed by atoms with E-state index in [1.54, 1.807) is 23.5 Å². The number of aryl methyl sites for hydroxylation is 2. The van der Waals surface area contributed by atoms with Crippen LogP contribution in [0.3, 0.4) is 0 Å². The van der Waals surface area contributed by atoms with Crippen molar-refractivity contribution in [3.63, 3.8) is 0 Å². The van der Waals surface area contributed by atoms with Crippen molar-refractivity contribution in [2.24, 2.45) is 5.92 Å². The molecule has 9 heteroatoms. The van der Waals surface area contributed by atoms with E-state index in [4.69, 9.17) is 14.2 Å². The second-order valence-corrected chi connectivity index (χ2v) is 15.4. The van der Waals surface area contributed by atoms with Gasteiger partial charge in [-0.15, -0.1) is 0 Å². The van der Waals surface area contributed by atoms with Gasteiger partial charge in [0.25, 0.3) is 0 Å². The van der Waals surface area contributed by atoms with Crippen LogP contribution in [0.15, 0.2) is 46.2 Å². The van der Waals surface area contributed by atoms with E-state index >= 15 is 0 Å². The van der Waals surface area contributed by atoms with Gasteiger partial charge in [0.1, 0.15) is 16.7 Å². The van der Waals surface area contributed by atoms with Crippen LogP contribution in [0.4, 0.5) is 0 Å². The zero-order valence-corrected chi connectivity index (χ0v) is 31.2. The Morgan fingerprint density at radius 2 is 1.32 bits per heavy atom. The standard InChI is InChI=1S/C31H58NO3S.C7H8O3S/c1-2-3-4-5-6-7-8-9-10-11-12-13-15-18-22-33-26-30-25-31(35-27-30)28-34-23-19-16-14-17-20-32-21-24-36-29-32;1-6-2-4-7(5-3-6)11(8,9)10/h21,24,29-31H,2-20,22-23,25-28H2,1H3;2-5H,1H3,(H,8,9,10)/q+1;/p-1/t30-,31-;/m0./s1. The van der Waals surface area contributed by atoms with Gasteiger partial charge >= 0.3 is 0 Å². The lowest BCUT2D eigenvalue weighted by Gasteiger charge is -2.11. The molecule has 1 fully saturated rings. The zero-order valence-electron chi connectivity index (χ0n) is 29.6. The van der Waals surface area contributed by atoms with Crippen LogP contribution >= 0.6 is 11.3 Å². The highest BCUT2D eigenvalue weighted by molar-refractivity contribution is 7.85. The molecule has 270 valence electrons. The summed E-state index contributed by atoms with van der Waals surface area (Å²) in [5.74, 6) is 0.555. The van der Waals surface area contributed by atoms with Gasteiger partial charge in [0.2, 0.25) is 5.51 Å². The van der Waals surface area contributed by atoms with Crippen molar-refractivity contribution in [2.75, 3.05) is 33.0 Å². The number of aromatic nitrogens is 1. The summed E-state index contributed by atoms with van der Waals surface area (Å²) < 4.78 is 51.2. The minimum absolute atomic E-state index is 0.178. The van der Waals surface area contributed by atoms with Gasteiger partial charge < -0.3 is 18.8 Å². The lowest BCUT2D eigenvalue weighted by molar-refractivity contribution is -0.692. The largest absolute Gasteiger partial charge is 0.744 e. The molecule has 1 aromatic carbocycles. The summed E-state index contributed by atoms with van der Waals surface area (Å²) in [6.07, 6.45) is 28.2. The molecule has 47 heavy (non-hydrogen) atoms.